The number of nitrogens with one attached hydrogen (secondary N) is 1. The van der Waals surface area contributed by atoms with Gasteiger partial charge in [0.1, 0.15) is 0 Å². The third-order valence-corrected chi connectivity index (χ3v) is 4.18. The van der Waals surface area contributed by atoms with Crippen molar-refractivity contribution in [1.82, 2.24) is 10.2 Å². The lowest BCUT2D eigenvalue weighted by molar-refractivity contribution is -0.0160. The lowest BCUT2D eigenvalue weighted by atomic mass is 10.2. The monoisotopic (exact) mass is 416 g/mol. The van der Waals surface area contributed by atoms with E-state index >= 15 is 0 Å². The molecule has 0 radical (unpaired) electrons. The van der Waals surface area contributed by atoms with E-state index < -0.39 is 0 Å². The van der Waals surface area contributed by atoms with Gasteiger partial charge in [-0.05, 0) is 25.1 Å². The molecule has 2 heterocycles. The van der Waals surface area contributed by atoms with E-state index in [1.165, 1.54) is 11.3 Å². The fourth-order valence-corrected chi connectivity index (χ4v) is 3.05. The normalized spacial score (nSPS) is 22.2. The second-order valence-corrected chi connectivity index (χ2v) is 5.71. The molecule has 1 aromatic carbocycles. The molecule has 3 rings (SSSR count). The Kier molecular flexibility index (Phi) is 6.46. The first kappa shape index (κ1) is 17.5. The van der Waals surface area contributed by atoms with Crippen molar-refractivity contribution in [2.24, 2.45) is 4.99 Å². The molecule has 6 heteroatoms. The third kappa shape index (κ3) is 3.91. The highest BCUT2D eigenvalue weighted by atomic mass is 127. The number of rotatable bonds is 2. The van der Waals surface area contributed by atoms with Crippen molar-refractivity contribution in [3.05, 3.63) is 29.8 Å². The topological polar surface area (TPSA) is 40.1 Å². The highest BCUT2D eigenvalue weighted by Gasteiger charge is 2.24. The number of hydrogen-bond acceptors (Lipinski definition) is 3. The Bertz CT molecular complexity index is 523. The van der Waals surface area contributed by atoms with Crippen molar-refractivity contribution in [2.45, 2.75) is 12.5 Å². The molecular weight excluding hydrogens is 391 g/mol. The molecule has 0 aromatic heterocycles. The van der Waals surface area contributed by atoms with Crippen LogP contribution < -0.4 is 10.2 Å². The smallest absolute Gasteiger partial charge is 0.198 e. The molecule has 2 aliphatic heterocycles. The number of benzene rings is 1. The first-order chi connectivity index (χ1) is 10.3. The van der Waals surface area contributed by atoms with Crippen LogP contribution >= 0.6 is 24.0 Å². The SMILES string of the molecule is CN=C(NCC1CN(C)CCO1)N1CCc2ccccc21.I. The van der Waals surface area contributed by atoms with Gasteiger partial charge in [0.2, 0.25) is 0 Å². The molecule has 5 nitrogen and oxygen atoms in total. The summed E-state index contributed by atoms with van der Waals surface area (Å²) in [5.74, 6) is 0.941. The number of morpholine rings is 1. The molecule has 1 atom stereocenters. The summed E-state index contributed by atoms with van der Waals surface area (Å²) in [6.07, 6.45) is 1.32. The predicted molar refractivity (Wildman–Crippen MR) is 102 cm³/mol. The second-order valence-electron chi connectivity index (χ2n) is 5.71. The summed E-state index contributed by atoms with van der Waals surface area (Å²) in [6.45, 7) is 4.60. The van der Waals surface area contributed by atoms with E-state index in [-0.39, 0.29) is 30.1 Å². The number of likely N-dealkylation sites (N-methyl/N-ethyl adjacent to an activating group) is 1. The lowest BCUT2D eigenvalue weighted by Gasteiger charge is -2.31. The quantitative estimate of drug-likeness (QED) is 0.452. The minimum Gasteiger partial charge on any atom is -0.374 e. The highest BCUT2D eigenvalue weighted by Crippen LogP contribution is 2.27. The molecule has 1 N–H and O–H groups in total. The Labute approximate surface area is 149 Å². The van der Waals surface area contributed by atoms with Gasteiger partial charge >= 0.3 is 0 Å². The summed E-state index contributed by atoms with van der Waals surface area (Å²) >= 11 is 0. The number of halogens is 1. The zero-order chi connectivity index (χ0) is 14.7. The first-order valence-electron chi connectivity index (χ1n) is 7.64. The number of hydrogen-bond donors (Lipinski definition) is 1. The molecule has 2 aliphatic rings. The Morgan fingerprint density at radius 1 is 1.36 bits per heavy atom. The average molecular weight is 416 g/mol. The van der Waals surface area contributed by atoms with Crippen molar-refractivity contribution in [1.29, 1.82) is 0 Å². The summed E-state index contributed by atoms with van der Waals surface area (Å²) in [4.78, 5) is 9.01. The van der Waals surface area contributed by atoms with Gasteiger partial charge in [-0.25, -0.2) is 0 Å². The number of ether oxygens (including phenoxy) is 1. The van der Waals surface area contributed by atoms with Crippen molar-refractivity contribution in [2.75, 3.05) is 51.8 Å². The molecule has 122 valence electrons. The number of guanidine groups is 1. The number of nitrogens with zero attached hydrogens (tertiary/aromatic N) is 3. The zero-order valence-electron chi connectivity index (χ0n) is 13.3. The lowest BCUT2D eigenvalue weighted by Crippen LogP contribution is -2.49. The van der Waals surface area contributed by atoms with Crippen molar-refractivity contribution in [3.8, 4) is 0 Å². The maximum absolute atomic E-state index is 5.80. The summed E-state index contributed by atoms with van der Waals surface area (Å²) in [6, 6.07) is 8.55. The molecule has 22 heavy (non-hydrogen) atoms. The maximum Gasteiger partial charge on any atom is 0.198 e. The molecule has 1 unspecified atom stereocenters. The van der Waals surface area contributed by atoms with Crippen LogP contribution in [0.2, 0.25) is 0 Å². The summed E-state index contributed by atoms with van der Waals surface area (Å²) in [5, 5.41) is 3.47. The number of para-hydroxylation sites is 1. The van der Waals surface area contributed by atoms with Crippen LogP contribution in [0.3, 0.4) is 0 Å². The van der Waals surface area contributed by atoms with Crippen LogP contribution in [0.4, 0.5) is 5.69 Å². The van der Waals surface area contributed by atoms with Crippen LogP contribution in [0.15, 0.2) is 29.3 Å². The molecular formula is C16H25IN4O. The molecule has 0 bridgehead atoms. The van der Waals surface area contributed by atoms with Gasteiger partial charge in [-0.2, -0.15) is 0 Å². The van der Waals surface area contributed by atoms with Crippen LogP contribution in [0, 0.1) is 0 Å². The molecule has 0 aliphatic carbocycles. The fraction of sp³-hybridized carbons (Fsp3) is 0.562. The number of anilines is 1. The van der Waals surface area contributed by atoms with Gasteiger partial charge in [0.15, 0.2) is 5.96 Å². The molecule has 0 spiro atoms. The summed E-state index contributed by atoms with van der Waals surface area (Å²) in [5.41, 5.74) is 2.67. The maximum atomic E-state index is 5.80. The van der Waals surface area contributed by atoms with Crippen molar-refractivity contribution < 1.29 is 4.74 Å². The predicted octanol–water partition coefficient (Wildman–Crippen LogP) is 1.57. The van der Waals surface area contributed by atoms with Gasteiger partial charge in [-0.15, -0.1) is 24.0 Å². The Morgan fingerprint density at radius 3 is 2.95 bits per heavy atom. The molecule has 1 aromatic rings. The Hall–Kier alpha value is -0.860. The minimum absolute atomic E-state index is 0. The van der Waals surface area contributed by atoms with Crippen LogP contribution in [-0.2, 0) is 11.2 Å². The summed E-state index contributed by atoms with van der Waals surface area (Å²) < 4.78 is 5.80. The van der Waals surface area contributed by atoms with Crippen LogP contribution in [0.1, 0.15) is 5.56 Å². The van der Waals surface area contributed by atoms with E-state index in [0.29, 0.717) is 0 Å². The minimum atomic E-state index is 0. The molecule has 0 saturated carbocycles. The van der Waals surface area contributed by atoms with E-state index in [1.807, 2.05) is 7.05 Å². The van der Waals surface area contributed by atoms with Gasteiger partial charge in [0.25, 0.3) is 0 Å². The standard InChI is InChI=1S/C16H24N4O.HI/c1-17-16(18-11-14-12-19(2)9-10-21-14)20-8-7-13-5-3-4-6-15(13)20;/h3-6,14H,7-12H2,1-2H3,(H,17,18);1H. The van der Waals surface area contributed by atoms with Crippen molar-refractivity contribution >= 4 is 35.6 Å². The first-order valence-corrected chi connectivity index (χ1v) is 7.64. The third-order valence-electron chi connectivity index (χ3n) is 4.18. The largest absolute Gasteiger partial charge is 0.374 e. The molecule has 1 fully saturated rings. The summed E-state index contributed by atoms with van der Waals surface area (Å²) in [7, 11) is 3.98. The van der Waals surface area contributed by atoms with E-state index in [0.717, 1.165) is 45.2 Å². The highest BCUT2D eigenvalue weighted by molar-refractivity contribution is 14.0. The molecule has 0 amide bonds. The van der Waals surface area contributed by atoms with Gasteiger partial charge in [-0.1, -0.05) is 18.2 Å². The average Bonchev–Trinajstić information content (AvgIpc) is 2.92. The van der Waals surface area contributed by atoms with Gasteiger partial charge in [0.05, 0.1) is 12.7 Å². The zero-order valence-corrected chi connectivity index (χ0v) is 15.6. The Morgan fingerprint density at radius 2 is 2.18 bits per heavy atom. The van der Waals surface area contributed by atoms with Crippen LogP contribution in [-0.4, -0.2) is 63.8 Å². The van der Waals surface area contributed by atoms with E-state index in [2.05, 4.69) is 51.4 Å². The Balaban J connectivity index is 0.00000176. The van der Waals surface area contributed by atoms with E-state index in [4.69, 9.17) is 4.74 Å². The second kappa shape index (κ2) is 8.12. The number of aliphatic imine (C=N–C) groups is 1. The van der Waals surface area contributed by atoms with E-state index in [1.54, 1.807) is 0 Å². The van der Waals surface area contributed by atoms with Gasteiger partial charge in [-0.3, -0.25) is 4.99 Å². The number of fused-ring (bicyclic) bond motifs is 1. The van der Waals surface area contributed by atoms with Gasteiger partial charge < -0.3 is 19.9 Å². The van der Waals surface area contributed by atoms with Gasteiger partial charge in [0, 0.05) is 38.9 Å². The van der Waals surface area contributed by atoms with E-state index in [9.17, 15) is 0 Å². The van der Waals surface area contributed by atoms with Crippen LogP contribution in [0.25, 0.3) is 0 Å². The van der Waals surface area contributed by atoms with Crippen LogP contribution in [0.5, 0.6) is 0 Å². The van der Waals surface area contributed by atoms with Crippen molar-refractivity contribution in [3.63, 3.8) is 0 Å². The molecule has 1 saturated heterocycles. The fourth-order valence-electron chi connectivity index (χ4n) is 3.05.